The first-order chi connectivity index (χ1) is 21.8. The molecule has 7 aromatic carbocycles. The van der Waals surface area contributed by atoms with E-state index in [2.05, 4.69) is 191 Å². The van der Waals surface area contributed by atoms with Gasteiger partial charge in [-0.3, -0.25) is 0 Å². The minimum atomic E-state index is 1.11. The highest BCUT2D eigenvalue weighted by Gasteiger charge is 2.19. The van der Waals surface area contributed by atoms with Crippen LogP contribution in [0.5, 0.6) is 0 Å². The molecule has 0 amide bonds. The average Bonchev–Trinajstić information content (AvgIpc) is 3.44. The molecule has 0 spiro atoms. The number of nitrogens with zero attached hydrogens (tertiary/aromatic N) is 2. The quantitative estimate of drug-likeness (QED) is 0.196. The molecular weight excluding hydrogens is 532 g/mol. The van der Waals surface area contributed by atoms with E-state index in [4.69, 9.17) is 0 Å². The minimum Gasteiger partial charge on any atom is -0.310 e. The van der Waals surface area contributed by atoms with Gasteiger partial charge in [0.05, 0.1) is 16.7 Å². The summed E-state index contributed by atoms with van der Waals surface area (Å²) in [6.07, 6.45) is 0. The van der Waals surface area contributed by atoms with E-state index in [0.29, 0.717) is 0 Å². The lowest BCUT2D eigenvalue weighted by Gasteiger charge is -2.28. The zero-order valence-electron chi connectivity index (χ0n) is 24.2. The Balaban J connectivity index is 1.31. The summed E-state index contributed by atoms with van der Waals surface area (Å²) in [6.45, 7) is 0. The van der Waals surface area contributed by atoms with Crippen molar-refractivity contribution in [3.8, 4) is 27.9 Å². The van der Waals surface area contributed by atoms with Crippen molar-refractivity contribution in [3.63, 3.8) is 0 Å². The number of hydrogen-bond donors (Lipinski definition) is 0. The molecule has 2 heteroatoms. The second-order valence-corrected chi connectivity index (χ2v) is 11.0. The van der Waals surface area contributed by atoms with Crippen molar-refractivity contribution in [2.45, 2.75) is 0 Å². The van der Waals surface area contributed by atoms with Crippen molar-refractivity contribution in [2.75, 3.05) is 4.90 Å². The SMILES string of the molecule is c1ccc(-c2ccc(N(c3ccccc3)c3ccccc3-c3ccc4c5ccccc5n(-c5ccccc5)c4c3)cc2)cc1. The number of anilines is 3. The van der Waals surface area contributed by atoms with Gasteiger partial charge < -0.3 is 9.47 Å². The van der Waals surface area contributed by atoms with Gasteiger partial charge >= 0.3 is 0 Å². The third kappa shape index (κ3) is 4.54. The Morgan fingerprint density at radius 3 is 1.68 bits per heavy atom. The molecule has 44 heavy (non-hydrogen) atoms. The molecule has 1 aromatic heterocycles. The van der Waals surface area contributed by atoms with Gasteiger partial charge in [-0.1, -0.05) is 127 Å². The van der Waals surface area contributed by atoms with Crippen LogP contribution in [-0.2, 0) is 0 Å². The van der Waals surface area contributed by atoms with E-state index in [1.54, 1.807) is 0 Å². The van der Waals surface area contributed by atoms with E-state index in [9.17, 15) is 0 Å². The number of para-hydroxylation sites is 4. The lowest BCUT2D eigenvalue weighted by Crippen LogP contribution is -2.11. The largest absolute Gasteiger partial charge is 0.310 e. The van der Waals surface area contributed by atoms with Gasteiger partial charge in [0.15, 0.2) is 0 Å². The molecule has 0 atom stereocenters. The summed E-state index contributed by atoms with van der Waals surface area (Å²) < 4.78 is 2.38. The molecule has 0 N–H and O–H groups in total. The zero-order chi connectivity index (χ0) is 29.3. The predicted molar refractivity (Wildman–Crippen MR) is 186 cm³/mol. The Kier molecular flexibility index (Phi) is 6.51. The van der Waals surface area contributed by atoms with Crippen molar-refractivity contribution in [2.24, 2.45) is 0 Å². The van der Waals surface area contributed by atoms with Gasteiger partial charge in [0, 0.05) is 33.4 Å². The van der Waals surface area contributed by atoms with Crippen LogP contribution in [0.1, 0.15) is 0 Å². The average molecular weight is 563 g/mol. The van der Waals surface area contributed by atoms with E-state index in [1.165, 1.54) is 44.1 Å². The van der Waals surface area contributed by atoms with E-state index in [0.717, 1.165) is 22.7 Å². The summed E-state index contributed by atoms with van der Waals surface area (Å²) in [5.74, 6) is 0. The Bertz CT molecular complexity index is 2200. The van der Waals surface area contributed by atoms with Crippen LogP contribution in [0.15, 0.2) is 182 Å². The first-order valence-corrected chi connectivity index (χ1v) is 15.0. The fourth-order valence-electron chi connectivity index (χ4n) is 6.34. The van der Waals surface area contributed by atoms with E-state index >= 15 is 0 Å². The molecule has 0 aliphatic carbocycles. The number of benzene rings is 7. The Morgan fingerprint density at radius 1 is 0.364 bits per heavy atom. The molecule has 8 rings (SSSR count). The van der Waals surface area contributed by atoms with Gasteiger partial charge in [0.25, 0.3) is 0 Å². The fraction of sp³-hybridized carbons (Fsp3) is 0. The van der Waals surface area contributed by atoms with Crippen LogP contribution >= 0.6 is 0 Å². The molecular formula is C42H30N2. The van der Waals surface area contributed by atoms with Gasteiger partial charge in [0.1, 0.15) is 0 Å². The molecule has 0 radical (unpaired) electrons. The van der Waals surface area contributed by atoms with Crippen LogP contribution < -0.4 is 4.90 Å². The van der Waals surface area contributed by atoms with Crippen LogP contribution in [0.25, 0.3) is 49.7 Å². The molecule has 0 aliphatic rings. The summed E-state index contributed by atoms with van der Waals surface area (Å²) in [4.78, 5) is 2.36. The number of rotatable bonds is 6. The third-order valence-electron chi connectivity index (χ3n) is 8.39. The molecule has 2 nitrogen and oxygen atoms in total. The maximum atomic E-state index is 2.38. The molecule has 0 bridgehead atoms. The molecule has 208 valence electrons. The van der Waals surface area contributed by atoms with Crippen molar-refractivity contribution in [1.82, 2.24) is 4.57 Å². The summed E-state index contributed by atoms with van der Waals surface area (Å²) >= 11 is 0. The van der Waals surface area contributed by atoms with Gasteiger partial charge in [-0.15, -0.1) is 0 Å². The highest BCUT2D eigenvalue weighted by atomic mass is 15.1. The minimum absolute atomic E-state index is 1.11. The summed E-state index contributed by atoms with van der Waals surface area (Å²) in [7, 11) is 0. The second-order valence-electron chi connectivity index (χ2n) is 11.0. The maximum Gasteiger partial charge on any atom is 0.0547 e. The number of fused-ring (bicyclic) bond motifs is 3. The van der Waals surface area contributed by atoms with Crippen molar-refractivity contribution in [3.05, 3.63) is 182 Å². The van der Waals surface area contributed by atoms with Gasteiger partial charge in [-0.2, -0.15) is 0 Å². The number of hydrogen-bond acceptors (Lipinski definition) is 1. The fourth-order valence-corrected chi connectivity index (χ4v) is 6.34. The Hall–Kier alpha value is -5.86. The Morgan fingerprint density at radius 2 is 0.909 bits per heavy atom. The van der Waals surface area contributed by atoms with E-state index < -0.39 is 0 Å². The van der Waals surface area contributed by atoms with Crippen LogP contribution in [0.4, 0.5) is 17.1 Å². The van der Waals surface area contributed by atoms with Gasteiger partial charge in [-0.25, -0.2) is 0 Å². The first-order valence-electron chi connectivity index (χ1n) is 15.0. The Labute approximate surface area is 257 Å². The zero-order valence-corrected chi connectivity index (χ0v) is 24.2. The molecule has 0 unspecified atom stereocenters. The topological polar surface area (TPSA) is 8.17 Å². The lowest BCUT2D eigenvalue weighted by atomic mass is 9.99. The summed E-state index contributed by atoms with van der Waals surface area (Å²) in [6, 6.07) is 65.0. The van der Waals surface area contributed by atoms with Crippen molar-refractivity contribution >= 4 is 38.9 Å². The summed E-state index contributed by atoms with van der Waals surface area (Å²) in [5.41, 5.74) is 11.7. The maximum absolute atomic E-state index is 2.38. The molecule has 0 fully saturated rings. The van der Waals surface area contributed by atoms with E-state index in [1.807, 2.05) is 0 Å². The molecule has 0 saturated heterocycles. The monoisotopic (exact) mass is 562 g/mol. The third-order valence-corrected chi connectivity index (χ3v) is 8.39. The van der Waals surface area contributed by atoms with Crippen LogP contribution in [0.2, 0.25) is 0 Å². The second kappa shape index (κ2) is 11.1. The van der Waals surface area contributed by atoms with Crippen LogP contribution in [-0.4, -0.2) is 4.57 Å². The number of aromatic nitrogens is 1. The van der Waals surface area contributed by atoms with Crippen LogP contribution in [0, 0.1) is 0 Å². The molecule has 1 heterocycles. The van der Waals surface area contributed by atoms with Gasteiger partial charge in [-0.05, 0) is 71.3 Å². The smallest absolute Gasteiger partial charge is 0.0547 e. The summed E-state index contributed by atoms with van der Waals surface area (Å²) in [5, 5.41) is 2.51. The predicted octanol–water partition coefficient (Wildman–Crippen LogP) is 11.6. The van der Waals surface area contributed by atoms with Crippen LogP contribution in [0.3, 0.4) is 0 Å². The van der Waals surface area contributed by atoms with Gasteiger partial charge in [0.2, 0.25) is 0 Å². The molecule has 0 aliphatic heterocycles. The highest BCUT2D eigenvalue weighted by molar-refractivity contribution is 6.10. The standard InChI is InChI=1S/C42H30N2/c1-4-14-31(15-5-1)32-24-27-36(28-25-32)43(34-16-6-2-7-17-34)40-22-12-10-20-37(40)33-26-29-39-38-21-11-13-23-41(38)44(42(39)30-33)35-18-8-3-9-19-35/h1-30H. The normalized spacial score (nSPS) is 11.2. The molecule has 0 saturated carbocycles. The van der Waals surface area contributed by atoms with Crippen molar-refractivity contribution < 1.29 is 0 Å². The molecule has 8 aromatic rings. The first kappa shape index (κ1) is 25.8. The van der Waals surface area contributed by atoms with E-state index in [-0.39, 0.29) is 0 Å². The van der Waals surface area contributed by atoms with Crippen molar-refractivity contribution in [1.29, 1.82) is 0 Å². The highest BCUT2D eigenvalue weighted by Crippen LogP contribution is 2.42. The lowest BCUT2D eigenvalue weighted by molar-refractivity contribution is 1.18.